The van der Waals surface area contributed by atoms with Crippen LogP contribution in [0, 0.1) is 0 Å². The molecule has 0 N–H and O–H groups in total. The van der Waals surface area contributed by atoms with E-state index in [1.807, 2.05) is 12.1 Å². The van der Waals surface area contributed by atoms with Crippen molar-refractivity contribution >= 4 is 18.3 Å². The van der Waals surface area contributed by atoms with Crippen LogP contribution in [0.15, 0.2) is 29.2 Å². The lowest BCUT2D eigenvalue weighted by atomic mass is 10.2. The van der Waals surface area contributed by atoms with E-state index in [2.05, 4.69) is 29.7 Å². The van der Waals surface area contributed by atoms with E-state index in [9.17, 15) is 0 Å². The van der Waals surface area contributed by atoms with Gasteiger partial charge in [0.2, 0.25) is 0 Å². The molecular weight excluding hydrogens is 182 g/mol. The molecule has 0 spiro atoms. The van der Waals surface area contributed by atoms with Gasteiger partial charge in [0.25, 0.3) is 0 Å². The van der Waals surface area contributed by atoms with E-state index in [1.165, 1.54) is 5.69 Å². The predicted molar refractivity (Wildman–Crippen MR) is 56.7 cm³/mol. The van der Waals surface area contributed by atoms with Crippen LogP contribution < -0.4 is 4.90 Å². The minimum Gasteiger partial charge on any atom is -0.378 e. The summed E-state index contributed by atoms with van der Waals surface area (Å²) in [6.45, 7) is 3.63. The number of morpholine rings is 1. The molecule has 0 aromatic heterocycles. The van der Waals surface area contributed by atoms with E-state index in [-0.39, 0.29) is 0 Å². The number of rotatable bonds is 1. The van der Waals surface area contributed by atoms with Crippen molar-refractivity contribution in [1.29, 1.82) is 0 Å². The van der Waals surface area contributed by atoms with Gasteiger partial charge >= 0.3 is 0 Å². The van der Waals surface area contributed by atoms with Gasteiger partial charge in [0.05, 0.1) is 13.2 Å². The monoisotopic (exact) mass is 195 g/mol. The van der Waals surface area contributed by atoms with Gasteiger partial charge in [-0.2, -0.15) is 0 Å². The second kappa shape index (κ2) is 4.03. The van der Waals surface area contributed by atoms with E-state index < -0.39 is 0 Å². The smallest absolute Gasteiger partial charge is 0.0642 e. The molecule has 0 unspecified atom stereocenters. The minimum absolute atomic E-state index is 0.830. The summed E-state index contributed by atoms with van der Waals surface area (Å²) < 4.78 is 5.29. The molecule has 1 fully saturated rings. The third-order valence-electron chi connectivity index (χ3n) is 2.21. The van der Waals surface area contributed by atoms with E-state index in [1.54, 1.807) is 0 Å². The third-order valence-corrected chi connectivity index (χ3v) is 2.48. The Morgan fingerprint density at radius 3 is 2.69 bits per heavy atom. The fourth-order valence-electron chi connectivity index (χ4n) is 1.51. The molecule has 2 rings (SSSR count). The highest BCUT2D eigenvalue weighted by Gasteiger charge is 2.10. The maximum Gasteiger partial charge on any atom is 0.0642 e. The maximum atomic E-state index is 5.29. The summed E-state index contributed by atoms with van der Waals surface area (Å²) >= 11 is 4.32. The molecule has 70 valence electrons. The van der Waals surface area contributed by atoms with Gasteiger partial charge in [0, 0.05) is 23.7 Å². The Balaban J connectivity index is 2.14. The highest BCUT2D eigenvalue weighted by molar-refractivity contribution is 7.80. The maximum absolute atomic E-state index is 5.29. The zero-order valence-corrected chi connectivity index (χ0v) is 8.33. The van der Waals surface area contributed by atoms with Crippen LogP contribution in [0.25, 0.3) is 0 Å². The molecule has 0 bridgehead atoms. The standard InChI is InChI=1S/C10H13NOS/c13-10-3-1-2-9(8-10)11-4-6-12-7-5-11/h1-3,8,13H,4-7H2. The number of thiol groups is 1. The van der Waals surface area contributed by atoms with Gasteiger partial charge in [-0.15, -0.1) is 12.6 Å². The van der Waals surface area contributed by atoms with Gasteiger partial charge in [-0.1, -0.05) is 6.07 Å². The van der Waals surface area contributed by atoms with Gasteiger partial charge in [-0.25, -0.2) is 0 Å². The summed E-state index contributed by atoms with van der Waals surface area (Å²) in [4.78, 5) is 3.34. The van der Waals surface area contributed by atoms with E-state index >= 15 is 0 Å². The fraction of sp³-hybridized carbons (Fsp3) is 0.400. The van der Waals surface area contributed by atoms with Gasteiger partial charge in [-0.05, 0) is 18.2 Å². The molecule has 2 nitrogen and oxygen atoms in total. The first-order chi connectivity index (χ1) is 6.36. The molecule has 0 saturated carbocycles. The Kier molecular flexibility index (Phi) is 2.76. The summed E-state index contributed by atoms with van der Waals surface area (Å²) in [7, 11) is 0. The van der Waals surface area contributed by atoms with E-state index in [0.717, 1.165) is 31.2 Å². The number of ether oxygens (including phenoxy) is 1. The fourth-order valence-corrected chi connectivity index (χ4v) is 1.73. The van der Waals surface area contributed by atoms with Gasteiger partial charge in [0.1, 0.15) is 0 Å². The molecule has 1 saturated heterocycles. The normalized spacial score (nSPS) is 17.5. The molecule has 0 amide bonds. The summed E-state index contributed by atoms with van der Waals surface area (Å²) in [6.07, 6.45) is 0. The Morgan fingerprint density at radius 2 is 2.00 bits per heavy atom. The molecule has 13 heavy (non-hydrogen) atoms. The van der Waals surface area contributed by atoms with E-state index in [4.69, 9.17) is 4.74 Å². The first-order valence-corrected chi connectivity index (χ1v) is 4.93. The van der Waals surface area contributed by atoms with Gasteiger partial charge in [0.15, 0.2) is 0 Å². The average Bonchev–Trinajstić information content (AvgIpc) is 2.19. The Labute approximate surface area is 83.9 Å². The molecule has 1 aromatic carbocycles. The quantitative estimate of drug-likeness (QED) is 0.686. The lowest BCUT2D eigenvalue weighted by molar-refractivity contribution is 0.122. The van der Waals surface area contributed by atoms with Crippen LogP contribution in [0.2, 0.25) is 0 Å². The number of hydrogen-bond donors (Lipinski definition) is 1. The number of hydrogen-bond acceptors (Lipinski definition) is 3. The molecule has 1 aliphatic rings. The Bertz CT molecular complexity index is 284. The predicted octanol–water partition coefficient (Wildman–Crippen LogP) is 1.81. The topological polar surface area (TPSA) is 12.5 Å². The van der Waals surface area contributed by atoms with Crippen LogP contribution >= 0.6 is 12.6 Å². The van der Waals surface area contributed by atoms with Gasteiger partial charge < -0.3 is 9.64 Å². The van der Waals surface area contributed by atoms with Crippen molar-refractivity contribution < 1.29 is 4.74 Å². The van der Waals surface area contributed by atoms with Crippen molar-refractivity contribution in [3.8, 4) is 0 Å². The molecule has 1 heterocycles. The number of anilines is 1. The summed E-state index contributed by atoms with van der Waals surface area (Å²) in [5, 5.41) is 0. The molecule has 0 aliphatic carbocycles. The molecule has 1 aromatic rings. The van der Waals surface area contributed by atoms with E-state index in [0.29, 0.717) is 0 Å². The lowest BCUT2D eigenvalue weighted by Gasteiger charge is -2.28. The van der Waals surface area contributed by atoms with Gasteiger partial charge in [-0.3, -0.25) is 0 Å². The van der Waals surface area contributed by atoms with Crippen molar-refractivity contribution in [2.45, 2.75) is 4.90 Å². The van der Waals surface area contributed by atoms with Crippen molar-refractivity contribution in [3.05, 3.63) is 24.3 Å². The summed E-state index contributed by atoms with van der Waals surface area (Å²) in [6, 6.07) is 8.24. The molecule has 0 atom stereocenters. The zero-order valence-electron chi connectivity index (χ0n) is 7.44. The van der Waals surface area contributed by atoms with Crippen molar-refractivity contribution in [1.82, 2.24) is 0 Å². The van der Waals surface area contributed by atoms with Crippen molar-refractivity contribution in [2.24, 2.45) is 0 Å². The first kappa shape index (κ1) is 8.91. The summed E-state index contributed by atoms with van der Waals surface area (Å²) in [5.74, 6) is 0. The second-order valence-electron chi connectivity index (χ2n) is 3.12. The molecular formula is C10H13NOS. The van der Waals surface area contributed by atoms with Crippen LogP contribution in [0.5, 0.6) is 0 Å². The Morgan fingerprint density at radius 1 is 1.23 bits per heavy atom. The van der Waals surface area contributed by atoms with Crippen LogP contribution in [0.3, 0.4) is 0 Å². The van der Waals surface area contributed by atoms with Crippen molar-refractivity contribution in [2.75, 3.05) is 31.2 Å². The van der Waals surface area contributed by atoms with Crippen LogP contribution in [0.1, 0.15) is 0 Å². The van der Waals surface area contributed by atoms with Crippen LogP contribution in [-0.4, -0.2) is 26.3 Å². The highest BCUT2D eigenvalue weighted by Crippen LogP contribution is 2.18. The molecule has 0 radical (unpaired) electrons. The molecule has 3 heteroatoms. The number of nitrogens with zero attached hydrogens (tertiary/aromatic N) is 1. The minimum atomic E-state index is 0.830. The van der Waals surface area contributed by atoms with Crippen LogP contribution in [0.4, 0.5) is 5.69 Å². The zero-order chi connectivity index (χ0) is 9.10. The average molecular weight is 195 g/mol. The second-order valence-corrected chi connectivity index (χ2v) is 3.64. The first-order valence-electron chi connectivity index (χ1n) is 4.48. The lowest BCUT2D eigenvalue weighted by Crippen LogP contribution is -2.36. The largest absolute Gasteiger partial charge is 0.378 e. The Hall–Kier alpha value is -0.670. The van der Waals surface area contributed by atoms with Crippen molar-refractivity contribution in [3.63, 3.8) is 0 Å². The third kappa shape index (κ3) is 2.17. The highest BCUT2D eigenvalue weighted by atomic mass is 32.1. The SMILES string of the molecule is Sc1cccc(N2CCOCC2)c1. The number of benzene rings is 1. The van der Waals surface area contributed by atoms with Crippen LogP contribution in [-0.2, 0) is 4.74 Å². The summed E-state index contributed by atoms with van der Waals surface area (Å²) in [5.41, 5.74) is 1.25. The molecule has 1 aliphatic heterocycles.